The van der Waals surface area contributed by atoms with E-state index in [4.69, 9.17) is 13.8 Å². The number of rotatable bonds is 7. The van der Waals surface area contributed by atoms with Gasteiger partial charge in [0.2, 0.25) is 5.91 Å². The number of amides is 1. The van der Waals surface area contributed by atoms with Crippen molar-refractivity contribution in [2.75, 3.05) is 11.9 Å². The summed E-state index contributed by atoms with van der Waals surface area (Å²) in [5, 5.41) is 14.2. The van der Waals surface area contributed by atoms with Gasteiger partial charge in [-0.2, -0.15) is 0 Å². The summed E-state index contributed by atoms with van der Waals surface area (Å²) in [5.74, 6) is 0.586. The van der Waals surface area contributed by atoms with E-state index in [1.165, 1.54) is 18.1 Å². The van der Waals surface area contributed by atoms with Crippen LogP contribution in [-0.2, 0) is 28.9 Å². The van der Waals surface area contributed by atoms with Crippen LogP contribution in [0.1, 0.15) is 31.6 Å². The van der Waals surface area contributed by atoms with Crippen LogP contribution < -0.4 is 39.8 Å². The Bertz CT molecular complexity index is 1280. The third-order valence-electron chi connectivity index (χ3n) is 5.60. The zero-order chi connectivity index (χ0) is 24.6. The number of hydrogen-bond donors (Lipinski definition) is 2. The van der Waals surface area contributed by atoms with Gasteiger partial charge in [-0.3, -0.25) is 13.9 Å². The average Bonchev–Trinajstić information content (AvgIpc) is 3.35. The SMILES string of the molecule is CCCC(=O)Nc1ncnc2c1nc(SCc1ccccc1)n2[C@@H]1O[C@@H]2COP(=O)([O-])O[C@H]2[C@H]1O.[Na+]. The fourth-order valence-corrected chi connectivity index (χ4v) is 5.92. The standard InChI is InChI=1S/C21H24N5O7PS.Na/c1-2-6-14(27)24-18-15-19(23-11-22-18)26(21(25-15)35-10-12-7-4-3-5-8-12)20-16(28)17-13(32-20)9-31-34(29,30)33-17;/h3-5,7-8,11,13,16-17,20,28H,2,6,9-10H2,1H3,(H,29,30)(H,22,23,24,27);/q;+1/p-1/t13-,16-,17-,20-;/m1./s1. The molecule has 2 N–H and O–H groups in total. The first-order chi connectivity index (χ1) is 16.9. The van der Waals surface area contributed by atoms with E-state index < -0.39 is 32.4 Å². The van der Waals surface area contributed by atoms with E-state index in [0.717, 1.165) is 5.56 Å². The maximum Gasteiger partial charge on any atom is 1.00 e. The quantitative estimate of drug-likeness (QED) is 0.214. The molecule has 4 heterocycles. The van der Waals surface area contributed by atoms with Gasteiger partial charge < -0.3 is 29.1 Å². The van der Waals surface area contributed by atoms with Crippen molar-refractivity contribution in [3.8, 4) is 0 Å². The predicted molar refractivity (Wildman–Crippen MR) is 123 cm³/mol. The number of carbonyl (C=O) groups is 1. The average molecular weight is 543 g/mol. The Kier molecular flexibility index (Phi) is 8.88. The van der Waals surface area contributed by atoms with Gasteiger partial charge in [-0.25, -0.2) is 15.0 Å². The number of imidazole rings is 1. The van der Waals surface area contributed by atoms with Crippen LogP contribution in [0.2, 0.25) is 0 Å². The molecule has 2 aliphatic rings. The zero-order valence-electron chi connectivity index (χ0n) is 19.6. The van der Waals surface area contributed by atoms with Gasteiger partial charge in [-0.15, -0.1) is 0 Å². The zero-order valence-corrected chi connectivity index (χ0v) is 23.4. The summed E-state index contributed by atoms with van der Waals surface area (Å²) in [4.78, 5) is 37.2. The van der Waals surface area contributed by atoms with E-state index in [9.17, 15) is 19.4 Å². The monoisotopic (exact) mass is 543 g/mol. The van der Waals surface area contributed by atoms with Gasteiger partial charge in [0.1, 0.15) is 24.6 Å². The molecule has 0 bridgehead atoms. The molecule has 1 amide bonds. The van der Waals surface area contributed by atoms with Crippen LogP contribution in [0.3, 0.4) is 0 Å². The molecule has 5 rings (SSSR count). The number of anilines is 1. The Hall–Kier alpha value is -1.38. The third kappa shape index (κ3) is 5.70. The van der Waals surface area contributed by atoms with Crippen molar-refractivity contribution in [2.45, 2.75) is 55.2 Å². The second-order valence-electron chi connectivity index (χ2n) is 8.10. The van der Waals surface area contributed by atoms with E-state index in [1.54, 1.807) is 4.57 Å². The van der Waals surface area contributed by atoms with Crippen LogP contribution in [0, 0.1) is 0 Å². The number of hydrogen-bond acceptors (Lipinski definition) is 11. The molecule has 2 saturated heterocycles. The van der Waals surface area contributed by atoms with Crippen LogP contribution in [-0.4, -0.2) is 55.5 Å². The van der Waals surface area contributed by atoms with E-state index in [-0.39, 0.29) is 47.9 Å². The van der Waals surface area contributed by atoms with Gasteiger partial charge in [-0.05, 0) is 12.0 Å². The fourth-order valence-electron chi connectivity index (χ4n) is 4.00. The molecule has 0 aliphatic carbocycles. The molecule has 2 fully saturated rings. The first-order valence-electron chi connectivity index (χ1n) is 11.0. The molecular formula is C21H23N5NaO7PS. The second-order valence-corrected chi connectivity index (χ2v) is 10.4. The van der Waals surface area contributed by atoms with Gasteiger partial charge in [0.15, 0.2) is 28.4 Å². The molecular weight excluding hydrogens is 520 g/mol. The Labute approximate surface area is 233 Å². The Morgan fingerprint density at radius 3 is 2.86 bits per heavy atom. The van der Waals surface area contributed by atoms with Crippen molar-refractivity contribution in [3.63, 3.8) is 0 Å². The largest absolute Gasteiger partial charge is 1.00 e. The van der Waals surface area contributed by atoms with Crippen molar-refractivity contribution >= 4 is 42.5 Å². The van der Waals surface area contributed by atoms with E-state index in [1.807, 2.05) is 37.3 Å². The molecule has 36 heavy (non-hydrogen) atoms. The van der Waals surface area contributed by atoms with Crippen molar-refractivity contribution in [1.82, 2.24) is 19.5 Å². The van der Waals surface area contributed by atoms with Crippen LogP contribution in [0.4, 0.5) is 5.82 Å². The summed E-state index contributed by atoms with van der Waals surface area (Å²) in [6.07, 6.45) is -2.05. The number of fused-ring (bicyclic) bond motifs is 2. The smallest absolute Gasteiger partial charge is 0.756 e. The number of aliphatic hydroxyl groups excluding tert-OH is 1. The molecule has 5 atom stereocenters. The molecule has 0 saturated carbocycles. The minimum Gasteiger partial charge on any atom is -0.756 e. The summed E-state index contributed by atoms with van der Waals surface area (Å²) in [7, 11) is -4.53. The number of phosphoric ester groups is 1. The molecule has 15 heteroatoms. The summed E-state index contributed by atoms with van der Waals surface area (Å²) < 4.78 is 29.1. The van der Waals surface area contributed by atoms with Gasteiger partial charge in [0, 0.05) is 12.2 Å². The molecule has 1 unspecified atom stereocenters. The molecule has 12 nitrogen and oxygen atoms in total. The van der Waals surface area contributed by atoms with Crippen LogP contribution >= 0.6 is 19.6 Å². The number of aromatic nitrogens is 4. The number of nitrogens with one attached hydrogen (secondary N) is 1. The van der Waals surface area contributed by atoms with Gasteiger partial charge in [0.05, 0.1) is 6.61 Å². The van der Waals surface area contributed by atoms with Gasteiger partial charge in [0.25, 0.3) is 7.82 Å². The van der Waals surface area contributed by atoms with E-state index >= 15 is 0 Å². The number of phosphoric acid groups is 1. The molecule has 1 aromatic carbocycles. The summed E-state index contributed by atoms with van der Waals surface area (Å²) in [6.45, 7) is 1.62. The third-order valence-corrected chi connectivity index (χ3v) is 7.59. The second kappa shape index (κ2) is 11.6. The molecule has 2 aromatic heterocycles. The Morgan fingerprint density at radius 1 is 1.33 bits per heavy atom. The van der Waals surface area contributed by atoms with Crippen molar-refractivity contribution in [1.29, 1.82) is 0 Å². The van der Waals surface area contributed by atoms with Crippen molar-refractivity contribution < 1.29 is 62.7 Å². The molecule has 0 radical (unpaired) electrons. The van der Waals surface area contributed by atoms with E-state index in [2.05, 4.69) is 20.3 Å². The first-order valence-corrected chi connectivity index (χ1v) is 13.5. The minimum atomic E-state index is -4.53. The van der Waals surface area contributed by atoms with E-state index in [0.29, 0.717) is 34.9 Å². The number of thioether (sulfide) groups is 1. The molecule has 2 aliphatic heterocycles. The molecule has 0 spiro atoms. The number of carbonyl (C=O) groups excluding carboxylic acids is 1. The number of aliphatic hydroxyl groups is 1. The van der Waals surface area contributed by atoms with Crippen molar-refractivity contribution in [2.24, 2.45) is 0 Å². The summed E-state index contributed by atoms with van der Waals surface area (Å²) in [5.41, 5.74) is 1.69. The van der Waals surface area contributed by atoms with Crippen molar-refractivity contribution in [3.05, 3.63) is 42.2 Å². The van der Waals surface area contributed by atoms with Crippen LogP contribution in [0.5, 0.6) is 0 Å². The fraction of sp³-hybridized carbons (Fsp3) is 0.429. The predicted octanol–water partition coefficient (Wildman–Crippen LogP) is -0.997. The maximum atomic E-state index is 12.2. The van der Waals surface area contributed by atoms with Gasteiger partial charge in [-0.1, -0.05) is 49.0 Å². The Balaban J connectivity index is 0.00000304. The maximum absolute atomic E-state index is 12.2. The molecule has 3 aromatic rings. The normalized spacial score (nSPS) is 27.4. The Morgan fingerprint density at radius 2 is 2.11 bits per heavy atom. The molecule has 186 valence electrons. The van der Waals surface area contributed by atoms with Crippen LogP contribution in [0.25, 0.3) is 11.2 Å². The van der Waals surface area contributed by atoms with Gasteiger partial charge >= 0.3 is 29.6 Å². The summed E-state index contributed by atoms with van der Waals surface area (Å²) in [6, 6.07) is 9.73. The number of ether oxygens (including phenoxy) is 1. The number of nitrogens with zero attached hydrogens (tertiary/aromatic N) is 4. The van der Waals surface area contributed by atoms with Crippen LogP contribution in [0.15, 0.2) is 41.8 Å². The topological polar surface area (TPSA) is 161 Å². The number of benzene rings is 1. The minimum absolute atomic E-state index is 0. The summed E-state index contributed by atoms with van der Waals surface area (Å²) >= 11 is 1.38. The first kappa shape index (κ1) is 27.6.